The largest absolute Gasteiger partial charge is 0.385 e. The van der Waals surface area contributed by atoms with Crippen molar-refractivity contribution in [3.8, 4) is 6.07 Å². The molecular weight excluding hydrogens is 214 g/mol. The first-order chi connectivity index (χ1) is 8.10. The molecule has 4 heteroatoms. The molecule has 0 aliphatic rings. The van der Waals surface area contributed by atoms with Gasteiger partial charge in [0.2, 0.25) is 5.91 Å². The van der Waals surface area contributed by atoms with E-state index in [2.05, 4.69) is 11.4 Å². The molecule has 1 atom stereocenters. The number of nitrogens with one attached hydrogen (secondary N) is 1. The lowest BCUT2D eigenvalue weighted by molar-refractivity contribution is -0.116. The minimum absolute atomic E-state index is 0.132. The van der Waals surface area contributed by atoms with Gasteiger partial charge in [-0.3, -0.25) is 9.69 Å². The molecule has 1 unspecified atom stereocenters. The maximum atomic E-state index is 11.6. The summed E-state index contributed by atoms with van der Waals surface area (Å²) in [6, 6.07) is 9.12. The van der Waals surface area contributed by atoms with Crippen molar-refractivity contribution >= 4 is 17.3 Å². The molecular formula is C13H17N3O. The van der Waals surface area contributed by atoms with Gasteiger partial charge >= 0.3 is 0 Å². The lowest BCUT2D eigenvalue weighted by atomic mass is 10.2. The van der Waals surface area contributed by atoms with E-state index in [0.29, 0.717) is 0 Å². The van der Waals surface area contributed by atoms with E-state index in [4.69, 9.17) is 5.26 Å². The lowest BCUT2D eigenvalue weighted by Crippen LogP contribution is -2.36. The highest BCUT2D eigenvalue weighted by Crippen LogP contribution is 2.21. The average Bonchev–Trinajstić information content (AvgIpc) is 2.29. The van der Waals surface area contributed by atoms with Crippen LogP contribution in [-0.4, -0.2) is 18.5 Å². The summed E-state index contributed by atoms with van der Waals surface area (Å²) in [4.78, 5) is 13.1. The minimum Gasteiger partial charge on any atom is -0.385 e. The smallest absolute Gasteiger partial charge is 0.224 e. The Hall–Kier alpha value is -2.02. The summed E-state index contributed by atoms with van der Waals surface area (Å²) in [5, 5.41) is 12.1. The Morgan fingerprint density at radius 1 is 1.59 bits per heavy atom. The van der Waals surface area contributed by atoms with Gasteiger partial charge in [0.15, 0.2) is 0 Å². The van der Waals surface area contributed by atoms with Gasteiger partial charge in [-0.1, -0.05) is 6.07 Å². The Kier molecular flexibility index (Phi) is 4.53. The molecule has 1 aromatic carbocycles. The fourth-order valence-electron chi connectivity index (χ4n) is 1.71. The van der Waals surface area contributed by atoms with E-state index < -0.39 is 6.04 Å². The monoisotopic (exact) mass is 231 g/mol. The molecule has 90 valence electrons. The summed E-state index contributed by atoms with van der Waals surface area (Å²) in [6.07, 6.45) is 0. The van der Waals surface area contributed by atoms with Gasteiger partial charge in [0.05, 0.1) is 6.07 Å². The van der Waals surface area contributed by atoms with Gasteiger partial charge in [0.25, 0.3) is 0 Å². The zero-order valence-corrected chi connectivity index (χ0v) is 10.4. The van der Waals surface area contributed by atoms with Crippen LogP contribution < -0.4 is 10.2 Å². The van der Waals surface area contributed by atoms with Gasteiger partial charge < -0.3 is 5.32 Å². The fourth-order valence-corrected chi connectivity index (χ4v) is 1.71. The minimum atomic E-state index is -0.468. The quantitative estimate of drug-likeness (QED) is 0.865. The summed E-state index contributed by atoms with van der Waals surface area (Å²) < 4.78 is 0. The summed E-state index contributed by atoms with van der Waals surface area (Å²) in [6.45, 7) is 6.00. The van der Waals surface area contributed by atoms with E-state index in [-0.39, 0.29) is 5.91 Å². The third-order valence-electron chi connectivity index (χ3n) is 2.42. The van der Waals surface area contributed by atoms with Crippen molar-refractivity contribution in [2.45, 2.75) is 26.8 Å². The van der Waals surface area contributed by atoms with Gasteiger partial charge in [-0.15, -0.1) is 0 Å². The number of nitrogens with zero attached hydrogens (tertiary/aromatic N) is 2. The topological polar surface area (TPSA) is 56.1 Å². The predicted molar refractivity (Wildman–Crippen MR) is 68.8 cm³/mol. The molecule has 0 saturated heterocycles. The normalized spacial score (nSPS) is 11.4. The second-order valence-corrected chi connectivity index (χ2v) is 3.77. The van der Waals surface area contributed by atoms with Crippen LogP contribution in [0.3, 0.4) is 0 Å². The molecule has 0 fully saturated rings. The molecule has 0 heterocycles. The van der Waals surface area contributed by atoms with Crippen LogP contribution >= 0.6 is 0 Å². The molecule has 1 rings (SSSR count). The van der Waals surface area contributed by atoms with Crippen LogP contribution in [0.15, 0.2) is 24.3 Å². The predicted octanol–water partition coefficient (Wildman–Crippen LogP) is 2.38. The Morgan fingerprint density at radius 3 is 2.82 bits per heavy atom. The molecule has 0 radical (unpaired) electrons. The number of benzene rings is 1. The van der Waals surface area contributed by atoms with Gasteiger partial charge in [0.1, 0.15) is 6.04 Å². The second-order valence-electron chi connectivity index (χ2n) is 3.77. The van der Waals surface area contributed by atoms with Gasteiger partial charge in [-0.25, -0.2) is 0 Å². The molecule has 1 aromatic rings. The van der Waals surface area contributed by atoms with E-state index in [1.165, 1.54) is 11.8 Å². The van der Waals surface area contributed by atoms with Crippen molar-refractivity contribution < 1.29 is 4.79 Å². The van der Waals surface area contributed by atoms with E-state index in [9.17, 15) is 4.79 Å². The van der Waals surface area contributed by atoms with E-state index in [1.807, 2.05) is 31.2 Å². The third kappa shape index (κ3) is 3.22. The van der Waals surface area contributed by atoms with Crippen molar-refractivity contribution in [2.75, 3.05) is 16.8 Å². The van der Waals surface area contributed by atoms with E-state index >= 15 is 0 Å². The SMILES string of the molecule is CCNc1cccc(N(C(C)=O)C(C)C#N)c1. The number of anilines is 2. The van der Waals surface area contributed by atoms with Crippen molar-refractivity contribution in [3.63, 3.8) is 0 Å². The molecule has 0 aromatic heterocycles. The van der Waals surface area contributed by atoms with Gasteiger partial charge in [-0.2, -0.15) is 5.26 Å². The Morgan fingerprint density at radius 2 is 2.29 bits per heavy atom. The number of carbonyl (C=O) groups excluding carboxylic acids is 1. The number of amides is 1. The first-order valence-electron chi connectivity index (χ1n) is 5.63. The van der Waals surface area contributed by atoms with Gasteiger partial charge in [-0.05, 0) is 32.0 Å². The highest BCUT2D eigenvalue weighted by atomic mass is 16.2. The highest BCUT2D eigenvalue weighted by Gasteiger charge is 2.18. The lowest BCUT2D eigenvalue weighted by Gasteiger charge is -2.24. The fraction of sp³-hybridized carbons (Fsp3) is 0.385. The number of hydrogen-bond acceptors (Lipinski definition) is 3. The van der Waals surface area contributed by atoms with Crippen molar-refractivity contribution in [2.24, 2.45) is 0 Å². The van der Waals surface area contributed by atoms with Crippen LogP contribution in [0.4, 0.5) is 11.4 Å². The van der Waals surface area contributed by atoms with Crippen LogP contribution in [0.5, 0.6) is 0 Å². The highest BCUT2D eigenvalue weighted by molar-refractivity contribution is 5.93. The van der Waals surface area contributed by atoms with Crippen LogP contribution in [0.25, 0.3) is 0 Å². The first-order valence-corrected chi connectivity index (χ1v) is 5.63. The number of rotatable bonds is 4. The standard InChI is InChI=1S/C13H17N3O/c1-4-15-12-6-5-7-13(8-12)16(11(3)17)10(2)9-14/h5-8,10,15H,4H2,1-3H3. The Balaban J connectivity index is 3.07. The summed E-state index contributed by atoms with van der Waals surface area (Å²) in [5.74, 6) is -0.132. The maximum absolute atomic E-state index is 11.6. The zero-order chi connectivity index (χ0) is 12.8. The summed E-state index contributed by atoms with van der Waals surface area (Å²) in [7, 11) is 0. The molecule has 17 heavy (non-hydrogen) atoms. The molecule has 4 nitrogen and oxygen atoms in total. The van der Waals surface area contributed by atoms with Crippen molar-refractivity contribution in [1.82, 2.24) is 0 Å². The molecule has 0 aliphatic heterocycles. The third-order valence-corrected chi connectivity index (χ3v) is 2.42. The Labute approximate surface area is 102 Å². The van der Waals surface area contributed by atoms with Crippen LogP contribution in [0.1, 0.15) is 20.8 Å². The van der Waals surface area contributed by atoms with Crippen molar-refractivity contribution in [1.29, 1.82) is 5.26 Å². The van der Waals surface area contributed by atoms with E-state index in [0.717, 1.165) is 17.9 Å². The molecule has 0 saturated carbocycles. The van der Waals surface area contributed by atoms with Crippen LogP contribution in [-0.2, 0) is 4.79 Å². The van der Waals surface area contributed by atoms with Gasteiger partial charge in [0, 0.05) is 24.8 Å². The molecule has 0 aliphatic carbocycles. The zero-order valence-electron chi connectivity index (χ0n) is 10.4. The number of hydrogen-bond donors (Lipinski definition) is 1. The van der Waals surface area contributed by atoms with E-state index in [1.54, 1.807) is 6.92 Å². The maximum Gasteiger partial charge on any atom is 0.224 e. The first kappa shape index (κ1) is 13.0. The van der Waals surface area contributed by atoms with Crippen LogP contribution in [0, 0.1) is 11.3 Å². The summed E-state index contributed by atoms with van der Waals surface area (Å²) in [5.41, 5.74) is 1.69. The number of carbonyl (C=O) groups is 1. The summed E-state index contributed by atoms with van der Waals surface area (Å²) >= 11 is 0. The van der Waals surface area contributed by atoms with Crippen molar-refractivity contribution in [3.05, 3.63) is 24.3 Å². The van der Waals surface area contributed by atoms with Crippen LogP contribution in [0.2, 0.25) is 0 Å². The number of nitriles is 1. The molecule has 1 N–H and O–H groups in total. The molecule has 0 bridgehead atoms. The second kappa shape index (κ2) is 5.90. The Bertz CT molecular complexity index is 437. The molecule has 1 amide bonds. The molecule has 0 spiro atoms. The average molecular weight is 231 g/mol.